The second kappa shape index (κ2) is 5.14. The molecule has 1 aromatic rings. The molecule has 0 saturated heterocycles. The minimum atomic E-state index is -0.830. The minimum Gasteiger partial charge on any atom is -0.388 e. The van der Waals surface area contributed by atoms with Crippen LogP contribution in [0.15, 0.2) is 22.7 Å². The van der Waals surface area contributed by atoms with Gasteiger partial charge in [0.1, 0.15) is 5.82 Å². The van der Waals surface area contributed by atoms with Gasteiger partial charge in [-0.25, -0.2) is 4.39 Å². The van der Waals surface area contributed by atoms with Crippen LogP contribution in [0.2, 0.25) is 0 Å². The van der Waals surface area contributed by atoms with Crippen molar-refractivity contribution >= 4 is 15.9 Å². The third-order valence-corrected chi connectivity index (χ3v) is 2.37. The summed E-state index contributed by atoms with van der Waals surface area (Å²) >= 11 is 3.21. The highest BCUT2D eigenvalue weighted by atomic mass is 79.9. The second-order valence-corrected chi connectivity index (χ2v) is 3.84. The van der Waals surface area contributed by atoms with Gasteiger partial charge in [-0.3, -0.25) is 0 Å². The number of terminal acetylenes is 1. The molecule has 3 heteroatoms. The molecule has 74 valence electrons. The lowest BCUT2D eigenvalue weighted by Crippen LogP contribution is -2.00. The Morgan fingerprint density at radius 2 is 2.29 bits per heavy atom. The second-order valence-electron chi connectivity index (χ2n) is 2.92. The maximum atomic E-state index is 13.2. The zero-order valence-electron chi connectivity index (χ0n) is 7.50. The summed E-state index contributed by atoms with van der Waals surface area (Å²) in [5, 5.41) is 9.60. The standard InChI is InChI=1S/C11H10BrFO/c1-2-3-4-11(14)9-7-8(12)5-6-10(9)13/h1,5-7,11,14H,3-4H2. The van der Waals surface area contributed by atoms with E-state index in [9.17, 15) is 9.50 Å². The lowest BCUT2D eigenvalue weighted by Gasteiger charge is -2.10. The molecule has 1 nitrogen and oxygen atoms in total. The van der Waals surface area contributed by atoms with Gasteiger partial charge >= 0.3 is 0 Å². The first-order valence-electron chi connectivity index (χ1n) is 4.21. The van der Waals surface area contributed by atoms with Crippen LogP contribution in [0.25, 0.3) is 0 Å². The van der Waals surface area contributed by atoms with Gasteiger partial charge in [-0.2, -0.15) is 0 Å². The molecule has 0 spiro atoms. The molecule has 1 unspecified atom stereocenters. The molecule has 0 amide bonds. The normalized spacial score (nSPS) is 12.1. The van der Waals surface area contributed by atoms with Gasteiger partial charge in [-0.1, -0.05) is 15.9 Å². The molecular weight excluding hydrogens is 247 g/mol. The van der Waals surface area contributed by atoms with Crippen molar-refractivity contribution in [2.45, 2.75) is 18.9 Å². The maximum absolute atomic E-state index is 13.2. The molecule has 0 aliphatic heterocycles. The average molecular weight is 257 g/mol. The SMILES string of the molecule is C#CCCC(O)c1cc(Br)ccc1F. The van der Waals surface area contributed by atoms with E-state index in [0.717, 1.165) is 4.47 Å². The summed E-state index contributed by atoms with van der Waals surface area (Å²) in [5.41, 5.74) is 0.287. The van der Waals surface area contributed by atoms with E-state index < -0.39 is 11.9 Å². The molecule has 1 aromatic carbocycles. The number of halogens is 2. The van der Waals surface area contributed by atoms with E-state index >= 15 is 0 Å². The molecule has 0 bridgehead atoms. The van der Waals surface area contributed by atoms with Crippen LogP contribution >= 0.6 is 15.9 Å². The predicted molar refractivity (Wildman–Crippen MR) is 57.1 cm³/mol. The van der Waals surface area contributed by atoms with Crippen LogP contribution in [0.1, 0.15) is 24.5 Å². The first kappa shape index (κ1) is 11.2. The molecule has 14 heavy (non-hydrogen) atoms. The van der Waals surface area contributed by atoms with Crippen molar-refractivity contribution < 1.29 is 9.50 Å². The lowest BCUT2D eigenvalue weighted by atomic mass is 10.0. The topological polar surface area (TPSA) is 20.2 Å². The van der Waals surface area contributed by atoms with Crippen molar-refractivity contribution in [3.63, 3.8) is 0 Å². The van der Waals surface area contributed by atoms with E-state index in [1.807, 2.05) is 0 Å². The fourth-order valence-electron chi connectivity index (χ4n) is 1.15. The van der Waals surface area contributed by atoms with Crippen LogP contribution in [0.3, 0.4) is 0 Å². The van der Waals surface area contributed by atoms with E-state index in [2.05, 4.69) is 21.9 Å². The third kappa shape index (κ3) is 2.83. The molecule has 0 aliphatic rings. The van der Waals surface area contributed by atoms with Gasteiger partial charge in [0.15, 0.2) is 0 Å². The molecule has 0 heterocycles. The van der Waals surface area contributed by atoms with Crippen LogP contribution in [0, 0.1) is 18.2 Å². The molecule has 0 fully saturated rings. The number of aliphatic hydroxyl groups is 1. The Balaban J connectivity index is 2.83. The fourth-order valence-corrected chi connectivity index (χ4v) is 1.52. The zero-order valence-corrected chi connectivity index (χ0v) is 9.09. The number of rotatable bonds is 3. The summed E-state index contributed by atoms with van der Waals surface area (Å²) in [7, 11) is 0. The molecule has 1 N–H and O–H groups in total. The smallest absolute Gasteiger partial charge is 0.129 e. The Morgan fingerprint density at radius 3 is 2.93 bits per heavy atom. The van der Waals surface area contributed by atoms with Gasteiger partial charge in [0, 0.05) is 16.5 Å². The lowest BCUT2D eigenvalue weighted by molar-refractivity contribution is 0.164. The average Bonchev–Trinajstić information content (AvgIpc) is 2.18. The number of hydrogen-bond donors (Lipinski definition) is 1. The quantitative estimate of drug-likeness (QED) is 0.825. The van der Waals surface area contributed by atoms with E-state index in [1.54, 1.807) is 12.1 Å². The van der Waals surface area contributed by atoms with Gasteiger partial charge in [0.2, 0.25) is 0 Å². The van der Waals surface area contributed by atoms with E-state index in [-0.39, 0.29) is 5.56 Å². The van der Waals surface area contributed by atoms with Crippen LogP contribution in [-0.4, -0.2) is 5.11 Å². The third-order valence-electron chi connectivity index (χ3n) is 1.88. The molecule has 0 aliphatic carbocycles. The number of benzene rings is 1. The summed E-state index contributed by atoms with van der Waals surface area (Å²) < 4.78 is 14.0. The molecule has 1 rings (SSSR count). The van der Waals surface area contributed by atoms with Crippen molar-refractivity contribution in [1.29, 1.82) is 0 Å². The van der Waals surface area contributed by atoms with Crippen molar-refractivity contribution in [2.24, 2.45) is 0 Å². The molecule has 1 atom stereocenters. The predicted octanol–water partition coefficient (Wildman–Crippen LogP) is 3.04. The van der Waals surface area contributed by atoms with Gasteiger partial charge < -0.3 is 5.11 Å². The number of aliphatic hydroxyl groups excluding tert-OH is 1. The maximum Gasteiger partial charge on any atom is 0.129 e. The van der Waals surface area contributed by atoms with Gasteiger partial charge in [0.05, 0.1) is 6.10 Å². The Hall–Kier alpha value is -0.850. The monoisotopic (exact) mass is 256 g/mol. The summed E-state index contributed by atoms with van der Waals surface area (Å²) in [5.74, 6) is 2.00. The van der Waals surface area contributed by atoms with Crippen molar-refractivity contribution in [3.05, 3.63) is 34.1 Å². The van der Waals surface area contributed by atoms with Gasteiger partial charge in [-0.05, 0) is 24.6 Å². The summed E-state index contributed by atoms with van der Waals surface area (Å²) in [6, 6.07) is 4.47. The summed E-state index contributed by atoms with van der Waals surface area (Å²) in [4.78, 5) is 0. The van der Waals surface area contributed by atoms with Crippen LogP contribution in [-0.2, 0) is 0 Å². The van der Waals surface area contributed by atoms with Crippen molar-refractivity contribution in [3.8, 4) is 12.3 Å². The molecule has 0 radical (unpaired) electrons. The van der Waals surface area contributed by atoms with Crippen molar-refractivity contribution in [1.82, 2.24) is 0 Å². The Labute approximate surface area is 91.1 Å². The van der Waals surface area contributed by atoms with E-state index in [1.165, 1.54) is 6.07 Å². The zero-order chi connectivity index (χ0) is 10.6. The van der Waals surface area contributed by atoms with Crippen molar-refractivity contribution in [2.75, 3.05) is 0 Å². The molecule has 0 aromatic heterocycles. The largest absolute Gasteiger partial charge is 0.388 e. The van der Waals surface area contributed by atoms with Crippen LogP contribution in [0.5, 0.6) is 0 Å². The first-order valence-corrected chi connectivity index (χ1v) is 5.01. The summed E-state index contributed by atoms with van der Waals surface area (Å²) in [6.07, 6.45) is 5.05. The Bertz CT molecular complexity index is 357. The number of hydrogen-bond acceptors (Lipinski definition) is 1. The van der Waals surface area contributed by atoms with Crippen LogP contribution < -0.4 is 0 Å². The van der Waals surface area contributed by atoms with Gasteiger partial charge in [-0.15, -0.1) is 12.3 Å². The summed E-state index contributed by atoms with van der Waals surface area (Å²) in [6.45, 7) is 0. The highest BCUT2D eigenvalue weighted by molar-refractivity contribution is 9.10. The van der Waals surface area contributed by atoms with E-state index in [4.69, 9.17) is 6.42 Å². The first-order chi connectivity index (χ1) is 6.65. The van der Waals surface area contributed by atoms with Crippen LogP contribution in [0.4, 0.5) is 4.39 Å². The minimum absolute atomic E-state index is 0.287. The Morgan fingerprint density at radius 1 is 1.57 bits per heavy atom. The molecule has 0 saturated carbocycles. The fraction of sp³-hybridized carbons (Fsp3) is 0.273. The van der Waals surface area contributed by atoms with E-state index in [0.29, 0.717) is 12.8 Å². The molecular formula is C11H10BrFO. The van der Waals surface area contributed by atoms with Gasteiger partial charge in [0.25, 0.3) is 0 Å². The highest BCUT2D eigenvalue weighted by Gasteiger charge is 2.12. The highest BCUT2D eigenvalue weighted by Crippen LogP contribution is 2.24. The Kier molecular flexibility index (Phi) is 4.12.